The quantitative estimate of drug-likeness (QED) is 0.578. The summed E-state index contributed by atoms with van der Waals surface area (Å²) < 4.78 is 2.94. The van der Waals surface area contributed by atoms with E-state index in [1.165, 1.54) is 11.8 Å². The van der Waals surface area contributed by atoms with Gasteiger partial charge in [0.15, 0.2) is 11.0 Å². The highest BCUT2D eigenvalue weighted by Crippen LogP contribution is 2.25. The van der Waals surface area contributed by atoms with E-state index in [0.717, 1.165) is 15.9 Å². The van der Waals surface area contributed by atoms with Gasteiger partial charge in [0.2, 0.25) is 0 Å². The molecule has 0 saturated heterocycles. The molecular formula is C14H16BrN3O2S. The van der Waals surface area contributed by atoms with E-state index in [9.17, 15) is 5.11 Å². The zero-order valence-corrected chi connectivity index (χ0v) is 13.7. The molecule has 0 fully saturated rings. The number of aliphatic hydroxyl groups is 2. The summed E-state index contributed by atoms with van der Waals surface area (Å²) in [6.45, 7) is 4.07. The zero-order chi connectivity index (χ0) is 15.2. The molecule has 2 aromatic rings. The lowest BCUT2D eigenvalue weighted by Crippen LogP contribution is -2.15. The van der Waals surface area contributed by atoms with Crippen LogP contribution in [0.3, 0.4) is 0 Å². The fourth-order valence-corrected chi connectivity index (χ4v) is 2.85. The van der Waals surface area contributed by atoms with Crippen LogP contribution < -0.4 is 0 Å². The Balaban J connectivity index is 2.27. The molecule has 0 saturated carbocycles. The molecule has 1 unspecified atom stereocenters. The second-order valence-corrected chi connectivity index (χ2v) is 6.26. The molecular weight excluding hydrogens is 354 g/mol. The molecule has 0 amide bonds. The van der Waals surface area contributed by atoms with Crippen LogP contribution in [-0.4, -0.2) is 43.4 Å². The first-order valence-corrected chi connectivity index (χ1v) is 8.15. The van der Waals surface area contributed by atoms with Crippen LogP contribution in [0.25, 0.3) is 11.4 Å². The van der Waals surface area contributed by atoms with Gasteiger partial charge >= 0.3 is 0 Å². The maximum Gasteiger partial charge on any atom is 0.191 e. The number of halogens is 1. The molecule has 21 heavy (non-hydrogen) atoms. The minimum atomic E-state index is -0.764. The molecule has 1 aromatic heterocycles. The van der Waals surface area contributed by atoms with Crippen LogP contribution in [0.1, 0.15) is 0 Å². The molecule has 7 heteroatoms. The predicted octanol–water partition coefficient (Wildman–Crippen LogP) is 2.34. The Hall–Kier alpha value is -1.15. The normalized spacial score (nSPS) is 12.3. The Labute approximate surface area is 135 Å². The SMILES string of the molecule is C=CCn1c(SCC(O)CO)nnc1-c1ccc(Br)cc1. The fraction of sp³-hybridized carbons (Fsp3) is 0.286. The van der Waals surface area contributed by atoms with Gasteiger partial charge in [0, 0.05) is 22.3 Å². The second kappa shape index (κ2) is 7.74. The number of rotatable bonds is 7. The molecule has 1 atom stereocenters. The number of benzene rings is 1. The van der Waals surface area contributed by atoms with E-state index in [-0.39, 0.29) is 6.61 Å². The Morgan fingerprint density at radius 3 is 2.67 bits per heavy atom. The average Bonchev–Trinajstić information content (AvgIpc) is 2.89. The van der Waals surface area contributed by atoms with Crippen LogP contribution in [0.5, 0.6) is 0 Å². The van der Waals surface area contributed by atoms with Crippen LogP contribution in [-0.2, 0) is 6.54 Å². The van der Waals surface area contributed by atoms with Gasteiger partial charge in [-0.1, -0.05) is 45.9 Å². The largest absolute Gasteiger partial charge is 0.394 e. The third kappa shape index (κ3) is 4.16. The zero-order valence-electron chi connectivity index (χ0n) is 11.3. The predicted molar refractivity (Wildman–Crippen MR) is 87.2 cm³/mol. The van der Waals surface area contributed by atoms with E-state index in [0.29, 0.717) is 17.5 Å². The highest BCUT2D eigenvalue weighted by Gasteiger charge is 2.14. The van der Waals surface area contributed by atoms with Gasteiger partial charge < -0.3 is 10.2 Å². The van der Waals surface area contributed by atoms with Crippen molar-refractivity contribution in [3.05, 3.63) is 41.4 Å². The standard InChI is InChI=1S/C14H16BrN3O2S/c1-2-7-18-13(10-3-5-11(15)6-4-10)16-17-14(18)21-9-12(20)8-19/h2-6,12,19-20H,1,7-9H2. The lowest BCUT2D eigenvalue weighted by molar-refractivity contribution is 0.113. The van der Waals surface area contributed by atoms with Crippen molar-refractivity contribution in [2.75, 3.05) is 12.4 Å². The number of hydrogen-bond donors (Lipinski definition) is 2. The molecule has 0 radical (unpaired) electrons. The van der Waals surface area contributed by atoms with Crippen LogP contribution in [0, 0.1) is 0 Å². The first kappa shape index (κ1) is 16.2. The fourth-order valence-electron chi connectivity index (χ4n) is 1.73. The maximum atomic E-state index is 9.44. The van der Waals surface area contributed by atoms with E-state index in [1.807, 2.05) is 28.8 Å². The number of allylic oxidation sites excluding steroid dienone is 1. The van der Waals surface area contributed by atoms with E-state index >= 15 is 0 Å². The molecule has 0 aliphatic carbocycles. The molecule has 0 aliphatic rings. The summed E-state index contributed by atoms with van der Waals surface area (Å²) in [4.78, 5) is 0. The summed E-state index contributed by atoms with van der Waals surface area (Å²) in [5, 5.41) is 27.4. The van der Waals surface area contributed by atoms with Gasteiger partial charge in [0.25, 0.3) is 0 Å². The summed E-state index contributed by atoms with van der Waals surface area (Å²) >= 11 is 4.77. The Morgan fingerprint density at radius 1 is 1.33 bits per heavy atom. The minimum absolute atomic E-state index is 0.262. The molecule has 112 valence electrons. The van der Waals surface area contributed by atoms with Crippen LogP contribution >= 0.6 is 27.7 Å². The van der Waals surface area contributed by atoms with Gasteiger partial charge in [0.05, 0.1) is 12.7 Å². The average molecular weight is 370 g/mol. The summed E-state index contributed by atoms with van der Waals surface area (Å²) in [5.41, 5.74) is 0.960. The number of nitrogens with zero attached hydrogens (tertiary/aromatic N) is 3. The lowest BCUT2D eigenvalue weighted by atomic mass is 10.2. The van der Waals surface area contributed by atoms with Gasteiger partial charge in [-0.3, -0.25) is 4.57 Å². The number of thioether (sulfide) groups is 1. The van der Waals surface area contributed by atoms with E-state index in [4.69, 9.17) is 5.11 Å². The van der Waals surface area contributed by atoms with Crippen molar-refractivity contribution in [2.45, 2.75) is 17.8 Å². The van der Waals surface area contributed by atoms with Crippen molar-refractivity contribution in [3.8, 4) is 11.4 Å². The van der Waals surface area contributed by atoms with Crippen molar-refractivity contribution in [1.29, 1.82) is 0 Å². The van der Waals surface area contributed by atoms with Crippen molar-refractivity contribution in [3.63, 3.8) is 0 Å². The minimum Gasteiger partial charge on any atom is -0.394 e. The van der Waals surface area contributed by atoms with Crippen molar-refractivity contribution in [1.82, 2.24) is 14.8 Å². The molecule has 0 spiro atoms. The van der Waals surface area contributed by atoms with E-state index in [1.54, 1.807) is 6.08 Å². The summed E-state index contributed by atoms with van der Waals surface area (Å²) in [6, 6.07) is 7.82. The smallest absolute Gasteiger partial charge is 0.191 e. The first-order chi connectivity index (χ1) is 10.2. The molecule has 5 nitrogen and oxygen atoms in total. The molecule has 0 aliphatic heterocycles. The molecule has 2 N–H and O–H groups in total. The van der Waals surface area contributed by atoms with Crippen molar-refractivity contribution < 1.29 is 10.2 Å². The molecule has 2 rings (SSSR count). The van der Waals surface area contributed by atoms with Crippen LogP contribution in [0.15, 0.2) is 46.5 Å². The van der Waals surface area contributed by atoms with Gasteiger partial charge in [-0.25, -0.2) is 0 Å². The van der Waals surface area contributed by atoms with Crippen LogP contribution in [0.2, 0.25) is 0 Å². The third-order valence-electron chi connectivity index (χ3n) is 2.75. The summed E-state index contributed by atoms with van der Waals surface area (Å²) in [6.07, 6.45) is 1.01. The highest BCUT2D eigenvalue weighted by molar-refractivity contribution is 9.10. The van der Waals surface area contributed by atoms with Gasteiger partial charge in [-0.15, -0.1) is 16.8 Å². The number of aromatic nitrogens is 3. The molecule has 1 heterocycles. The third-order valence-corrected chi connectivity index (χ3v) is 4.39. The Bertz CT molecular complexity index is 601. The van der Waals surface area contributed by atoms with E-state index in [2.05, 4.69) is 32.7 Å². The number of hydrogen-bond acceptors (Lipinski definition) is 5. The first-order valence-electron chi connectivity index (χ1n) is 6.37. The van der Waals surface area contributed by atoms with Crippen molar-refractivity contribution >= 4 is 27.7 Å². The van der Waals surface area contributed by atoms with Crippen molar-refractivity contribution in [2.24, 2.45) is 0 Å². The topological polar surface area (TPSA) is 71.2 Å². The Kier molecular flexibility index (Phi) is 5.98. The molecule has 1 aromatic carbocycles. The molecule has 0 bridgehead atoms. The monoisotopic (exact) mass is 369 g/mol. The van der Waals surface area contributed by atoms with E-state index < -0.39 is 6.10 Å². The van der Waals surface area contributed by atoms with Gasteiger partial charge in [-0.05, 0) is 12.1 Å². The van der Waals surface area contributed by atoms with Gasteiger partial charge in [-0.2, -0.15) is 0 Å². The maximum absolute atomic E-state index is 9.44. The lowest BCUT2D eigenvalue weighted by Gasteiger charge is -2.09. The summed E-state index contributed by atoms with van der Waals surface area (Å²) in [5.74, 6) is 1.12. The Morgan fingerprint density at radius 2 is 2.05 bits per heavy atom. The summed E-state index contributed by atoms with van der Waals surface area (Å²) in [7, 11) is 0. The van der Waals surface area contributed by atoms with Crippen LogP contribution in [0.4, 0.5) is 0 Å². The second-order valence-electron chi connectivity index (χ2n) is 4.36. The van der Waals surface area contributed by atoms with Gasteiger partial charge in [0.1, 0.15) is 0 Å². The number of aliphatic hydroxyl groups excluding tert-OH is 2. The highest BCUT2D eigenvalue weighted by atomic mass is 79.9.